The van der Waals surface area contributed by atoms with Gasteiger partial charge in [0, 0.05) is 25.7 Å². The van der Waals surface area contributed by atoms with Gasteiger partial charge < -0.3 is 20.2 Å². The van der Waals surface area contributed by atoms with E-state index >= 15 is 0 Å². The highest BCUT2D eigenvalue weighted by molar-refractivity contribution is 6.01. The molecular formula is C20H25FN4O2. The van der Waals surface area contributed by atoms with Crippen molar-refractivity contribution in [2.45, 2.75) is 25.7 Å². The van der Waals surface area contributed by atoms with Crippen LogP contribution in [-0.2, 0) is 4.84 Å². The van der Waals surface area contributed by atoms with Gasteiger partial charge in [0.05, 0.1) is 12.2 Å². The highest BCUT2D eigenvalue weighted by Crippen LogP contribution is 2.21. The van der Waals surface area contributed by atoms with Crippen molar-refractivity contribution in [2.75, 3.05) is 31.2 Å². The van der Waals surface area contributed by atoms with E-state index in [1.54, 1.807) is 18.3 Å². The summed E-state index contributed by atoms with van der Waals surface area (Å²) in [7, 11) is 0. The molecular weight excluding hydrogens is 347 g/mol. The lowest BCUT2D eigenvalue weighted by atomic mass is 10.1. The molecule has 2 N–H and O–H groups in total. The summed E-state index contributed by atoms with van der Waals surface area (Å²) in [4.78, 5) is 12.1. The molecule has 0 atom stereocenters. The number of nitrogens with two attached hydrogens (primary N) is 1. The zero-order valence-electron chi connectivity index (χ0n) is 15.3. The van der Waals surface area contributed by atoms with Crippen LogP contribution in [0.1, 0.15) is 31.2 Å². The highest BCUT2D eigenvalue weighted by Gasteiger charge is 2.17. The number of oxime groups is 1. The third-order valence-corrected chi connectivity index (χ3v) is 4.34. The summed E-state index contributed by atoms with van der Waals surface area (Å²) in [5.74, 6) is 1.53. The van der Waals surface area contributed by atoms with Crippen LogP contribution in [0.15, 0.2) is 47.8 Å². The van der Waals surface area contributed by atoms with Crippen molar-refractivity contribution in [2.24, 2.45) is 10.9 Å². The van der Waals surface area contributed by atoms with E-state index < -0.39 is 0 Å². The lowest BCUT2D eigenvalue weighted by Gasteiger charge is -2.29. The number of amidine groups is 1. The molecule has 1 saturated heterocycles. The number of anilines is 1. The summed E-state index contributed by atoms with van der Waals surface area (Å²) in [6.45, 7) is 2.80. The monoisotopic (exact) mass is 372 g/mol. The Labute approximate surface area is 158 Å². The van der Waals surface area contributed by atoms with E-state index in [-0.39, 0.29) is 5.82 Å². The van der Waals surface area contributed by atoms with Crippen LogP contribution in [-0.4, -0.2) is 37.1 Å². The van der Waals surface area contributed by atoms with Gasteiger partial charge in [0.2, 0.25) is 0 Å². The van der Waals surface area contributed by atoms with E-state index in [1.165, 1.54) is 18.6 Å². The Bertz CT molecular complexity index is 746. The Morgan fingerprint density at radius 1 is 1.11 bits per heavy atom. The van der Waals surface area contributed by atoms with Gasteiger partial charge in [0.15, 0.2) is 5.84 Å². The number of ether oxygens (including phenoxy) is 1. The summed E-state index contributed by atoms with van der Waals surface area (Å²) in [5.41, 5.74) is 6.91. The van der Waals surface area contributed by atoms with Crippen LogP contribution in [0.2, 0.25) is 0 Å². The third kappa shape index (κ3) is 5.57. The van der Waals surface area contributed by atoms with Crippen molar-refractivity contribution in [3.05, 3.63) is 54.0 Å². The van der Waals surface area contributed by atoms with Crippen LogP contribution in [0.25, 0.3) is 0 Å². The minimum absolute atomic E-state index is 0.283. The number of hydrogen-bond acceptors (Lipinski definition) is 5. The summed E-state index contributed by atoms with van der Waals surface area (Å²) in [6.07, 6.45) is 6.00. The number of aromatic nitrogens is 1. The second kappa shape index (κ2) is 9.75. The van der Waals surface area contributed by atoms with Crippen LogP contribution < -0.4 is 15.4 Å². The number of pyridine rings is 1. The minimum Gasteiger partial charge on any atom is -0.493 e. The minimum atomic E-state index is -0.283. The average Bonchev–Trinajstić information content (AvgIpc) is 2.72. The van der Waals surface area contributed by atoms with Gasteiger partial charge >= 0.3 is 0 Å². The topological polar surface area (TPSA) is 73.0 Å². The number of nitrogens with zero attached hydrogens (tertiary/aromatic N) is 3. The molecule has 2 heterocycles. The number of benzene rings is 1. The van der Waals surface area contributed by atoms with E-state index in [9.17, 15) is 4.39 Å². The first-order valence-corrected chi connectivity index (χ1v) is 9.28. The van der Waals surface area contributed by atoms with Gasteiger partial charge in [-0.15, -0.1) is 0 Å². The molecule has 1 aliphatic rings. The van der Waals surface area contributed by atoms with Crippen molar-refractivity contribution in [3.8, 4) is 5.75 Å². The molecule has 2 aromatic rings. The van der Waals surface area contributed by atoms with Gasteiger partial charge in [-0.3, -0.25) is 0 Å². The first-order chi connectivity index (χ1) is 13.2. The molecule has 0 saturated carbocycles. The van der Waals surface area contributed by atoms with E-state index in [0.29, 0.717) is 31.2 Å². The van der Waals surface area contributed by atoms with Crippen LogP contribution in [0.5, 0.6) is 5.75 Å². The van der Waals surface area contributed by atoms with Gasteiger partial charge in [-0.1, -0.05) is 5.16 Å². The summed E-state index contributed by atoms with van der Waals surface area (Å²) >= 11 is 0. The SMILES string of the molecule is NC(=NOCCCOc1ccc(F)cc1)c1cccnc1N1CCCCC1. The van der Waals surface area contributed by atoms with E-state index in [2.05, 4.69) is 15.0 Å². The second-order valence-corrected chi connectivity index (χ2v) is 6.39. The van der Waals surface area contributed by atoms with Crippen LogP contribution in [0.3, 0.4) is 0 Å². The second-order valence-electron chi connectivity index (χ2n) is 6.39. The molecule has 1 aromatic heterocycles. The zero-order valence-corrected chi connectivity index (χ0v) is 15.3. The Balaban J connectivity index is 1.47. The predicted octanol–water partition coefficient (Wildman–Crippen LogP) is 3.32. The highest BCUT2D eigenvalue weighted by atomic mass is 19.1. The Hall–Kier alpha value is -2.83. The van der Waals surface area contributed by atoms with E-state index in [4.69, 9.17) is 15.3 Å². The van der Waals surface area contributed by atoms with Crippen molar-refractivity contribution in [3.63, 3.8) is 0 Å². The summed E-state index contributed by atoms with van der Waals surface area (Å²) < 4.78 is 18.3. The first kappa shape index (κ1) is 18.9. The van der Waals surface area contributed by atoms with Gasteiger partial charge in [-0.05, 0) is 55.7 Å². The average molecular weight is 372 g/mol. The molecule has 1 fully saturated rings. The summed E-state index contributed by atoms with van der Waals surface area (Å²) in [5, 5.41) is 4.03. The lowest BCUT2D eigenvalue weighted by Crippen LogP contribution is -2.32. The van der Waals surface area contributed by atoms with Gasteiger partial charge in [-0.25, -0.2) is 9.37 Å². The molecule has 0 radical (unpaired) electrons. The zero-order chi connectivity index (χ0) is 18.9. The quantitative estimate of drug-likeness (QED) is 0.333. The smallest absolute Gasteiger partial charge is 0.174 e. The maximum Gasteiger partial charge on any atom is 0.174 e. The maximum atomic E-state index is 12.8. The molecule has 3 rings (SSSR count). The molecule has 0 spiro atoms. The van der Waals surface area contributed by atoms with Crippen LogP contribution in [0, 0.1) is 5.82 Å². The number of halogens is 1. The number of rotatable bonds is 8. The Kier molecular flexibility index (Phi) is 6.84. The Morgan fingerprint density at radius 2 is 1.89 bits per heavy atom. The fourth-order valence-corrected chi connectivity index (χ4v) is 2.96. The fraction of sp³-hybridized carbons (Fsp3) is 0.400. The Morgan fingerprint density at radius 3 is 2.67 bits per heavy atom. The molecule has 6 nitrogen and oxygen atoms in total. The normalized spacial score (nSPS) is 14.9. The van der Waals surface area contributed by atoms with Crippen molar-refractivity contribution in [1.29, 1.82) is 0 Å². The van der Waals surface area contributed by atoms with E-state index in [0.717, 1.165) is 37.3 Å². The fourth-order valence-electron chi connectivity index (χ4n) is 2.96. The molecule has 27 heavy (non-hydrogen) atoms. The molecule has 1 aliphatic heterocycles. The maximum absolute atomic E-state index is 12.8. The van der Waals surface area contributed by atoms with Crippen molar-refractivity contribution in [1.82, 2.24) is 4.98 Å². The third-order valence-electron chi connectivity index (χ3n) is 4.34. The van der Waals surface area contributed by atoms with Gasteiger partial charge in [0.25, 0.3) is 0 Å². The molecule has 0 aliphatic carbocycles. The number of hydrogen-bond donors (Lipinski definition) is 1. The molecule has 0 bridgehead atoms. The predicted molar refractivity (Wildman–Crippen MR) is 103 cm³/mol. The molecule has 7 heteroatoms. The van der Waals surface area contributed by atoms with E-state index in [1.807, 2.05) is 12.1 Å². The van der Waals surface area contributed by atoms with Crippen LogP contribution in [0.4, 0.5) is 10.2 Å². The van der Waals surface area contributed by atoms with Crippen LogP contribution >= 0.6 is 0 Å². The largest absolute Gasteiger partial charge is 0.493 e. The van der Waals surface area contributed by atoms with Crippen molar-refractivity contribution >= 4 is 11.7 Å². The standard InChI is InChI=1S/C20H25FN4O2/c21-16-7-9-17(10-8-16)26-14-5-15-27-24-19(22)18-6-4-11-23-20(18)25-12-2-1-3-13-25/h4,6-11H,1-3,5,12-15H2,(H2,22,24). The molecule has 1 aromatic carbocycles. The molecule has 0 unspecified atom stereocenters. The van der Waals surface area contributed by atoms with Gasteiger partial charge in [0.1, 0.15) is 24.0 Å². The van der Waals surface area contributed by atoms with Gasteiger partial charge in [-0.2, -0.15) is 0 Å². The van der Waals surface area contributed by atoms with Crippen molar-refractivity contribution < 1.29 is 14.0 Å². The first-order valence-electron chi connectivity index (χ1n) is 9.28. The lowest BCUT2D eigenvalue weighted by molar-refractivity contribution is 0.127. The number of piperidine rings is 1. The summed E-state index contributed by atoms with van der Waals surface area (Å²) in [6, 6.07) is 9.68. The molecule has 0 amide bonds. The molecule has 144 valence electrons.